The van der Waals surface area contributed by atoms with E-state index in [1.807, 2.05) is 17.5 Å². The fourth-order valence-corrected chi connectivity index (χ4v) is 2.15. The predicted molar refractivity (Wildman–Crippen MR) is 101 cm³/mol. The van der Waals surface area contributed by atoms with Gasteiger partial charge in [-0.25, -0.2) is 0 Å². The SMILES string of the molecule is CN=C(NCCCNC(=O)c1cccs1)NCC(C)C.I. The summed E-state index contributed by atoms with van der Waals surface area (Å²) in [5.74, 6) is 1.39. The summed E-state index contributed by atoms with van der Waals surface area (Å²) in [6.45, 7) is 6.64. The number of aliphatic imine (C=N–C) groups is 1. The first kappa shape index (κ1) is 20.2. The van der Waals surface area contributed by atoms with Gasteiger partial charge in [0.25, 0.3) is 5.91 Å². The lowest BCUT2D eigenvalue weighted by Crippen LogP contribution is -2.40. The Morgan fingerprint density at radius 1 is 1.29 bits per heavy atom. The molecule has 3 N–H and O–H groups in total. The number of halogens is 1. The van der Waals surface area contributed by atoms with Gasteiger partial charge in [-0.3, -0.25) is 9.79 Å². The Morgan fingerprint density at radius 3 is 2.57 bits per heavy atom. The zero-order valence-corrected chi connectivity index (χ0v) is 16.0. The summed E-state index contributed by atoms with van der Waals surface area (Å²) in [6, 6.07) is 3.71. The van der Waals surface area contributed by atoms with Gasteiger partial charge >= 0.3 is 0 Å². The summed E-state index contributed by atoms with van der Waals surface area (Å²) in [5, 5.41) is 11.3. The van der Waals surface area contributed by atoms with E-state index >= 15 is 0 Å². The smallest absolute Gasteiger partial charge is 0.261 e. The number of amides is 1. The van der Waals surface area contributed by atoms with Crippen LogP contribution in [0.1, 0.15) is 29.9 Å². The van der Waals surface area contributed by atoms with Gasteiger partial charge in [-0.05, 0) is 23.8 Å². The van der Waals surface area contributed by atoms with Crippen molar-refractivity contribution in [1.29, 1.82) is 0 Å². The molecule has 1 heterocycles. The number of hydrogen-bond donors (Lipinski definition) is 3. The lowest BCUT2D eigenvalue weighted by molar-refractivity contribution is 0.0957. The van der Waals surface area contributed by atoms with E-state index in [0.29, 0.717) is 12.5 Å². The van der Waals surface area contributed by atoms with Crippen molar-refractivity contribution in [2.45, 2.75) is 20.3 Å². The first-order valence-corrected chi connectivity index (χ1v) is 7.77. The zero-order valence-electron chi connectivity index (χ0n) is 12.8. The average Bonchev–Trinajstić information content (AvgIpc) is 2.95. The van der Waals surface area contributed by atoms with Gasteiger partial charge in [-0.1, -0.05) is 19.9 Å². The minimum atomic E-state index is 0. The van der Waals surface area contributed by atoms with E-state index in [0.717, 1.165) is 30.3 Å². The van der Waals surface area contributed by atoms with Crippen molar-refractivity contribution in [3.63, 3.8) is 0 Å². The fourth-order valence-electron chi connectivity index (χ4n) is 1.51. The van der Waals surface area contributed by atoms with Gasteiger partial charge in [0.1, 0.15) is 0 Å². The van der Waals surface area contributed by atoms with Crippen LogP contribution < -0.4 is 16.0 Å². The van der Waals surface area contributed by atoms with Gasteiger partial charge in [0.15, 0.2) is 5.96 Å². The summed E-state index contributed by atoms with van der Waals surface area (Å²) in [5.41, 5.74) is 0. The minimum Gasteiger partial charge on any atom is -0.356 e. The number of carbonyl (C=O) groups is 1. The highest BCUT2D eigenvalue weighted by Crippen LogP contribution is 2.07. The summed E-state index contributed by atoms with van der Waals surface area (Å²) >= 11 is 1.46. The molecule has 0 spiro atoms. The van der Waals surface area contributed by atoms with E-state index in [9.17, 15) is 4.79 Å². The number of nitrogens with zero attached hydrogens (tertiary/aromatic N) is 1. The Labute approximate surface area is 148 Å². The van der Waals surface area contributed by atoms with E-state index in [-0.39, 0.29) is 29.9 Å². The molecule has 0 saturated heterocycles. The van der Waals surface area contributed by atoms with E-state index in [4.69, 9.17) is 0 Å². The molecule has 0 aliphatic rings. The van der Waals surface area contributed by atoms with Crippen LogP contribution >= 0.6 is 35.3 Å². The lowest BCUT2D eigenvalue weighted by Gasteiger charge is -2.13. The molecular formula is C14H25IN4OS. The molecule has 0 radical (unpaired) electrons. The molecule has 0 bridgehead atoms. The van der Waals surface area contributed by atoms with Gasteiger partial charge in [0, 0.05) is 26.7 Å². The topological polar surface area (TPSA) is 65.5 Å². The van der Waals surface area contributed by atoms with E-state index < -0.39 is 0 Å². The second kappa shape index (κ2) is 11.8. The first-order chi connectivity index (χ1) is 9.63. The number of guanidine groups is 1. The average molecular weight is 424 g/mol. The molecule has 0 fully saturated rings. The lowest BCUT2D eigenvalue weighted by atomic mass is 10.2. The predicted octanol–water partition coefficient (Wildman–Crippen LogP) is 2.31. The molecular weight excluding hydrogens is 399 g/mol. The molecule has 0 saturated carbocycles. The van der Waals surface area contributed by atoms with Crippen LogP contribution in [0, 0.1) is 5.92 Å². The fraction of sp³-hybridized carbons (Fsp3) is 0.571. The Hall–Kier alpha value is -0.830. The van der Waals surface area contributed by atoms with Crippen molar-refractivity contribution in [3.8, 4) is 0 Å². The van der Waals surface area contributed by atoms with Crippen LogP contribution in [0.5, 0.6) is 0 Å². The highest BCUT2D eigenvalue weighted by Gasteiger charge is 2.04. The third kappa shape index (κ3) is 8.92. The molecule has 0 atom stereocenters. The monoisotopic (exact) mass is 424 g/mol. The molecule has 0 aliphatic carbocycles. The van der Waals surface area contributed by atoms with Crippen LogP contribution in [0.25, 0.3) is 0 Å². The summed E-state index contributed by atoms with van der Waals surface area (Å²) in [6.07, 6.45) is 0.861. The van der Waals surface area contributed by atoms with Gasteiger partial charge < -0.3 is 16.0 Å². The number of thiophene rings is 1. The summed E-state index contributed by atoms with van der Waals surface area (Å²) in [4.78, 5) is 16.6. The normalized spacial score (nSPS) is 11.0. The van der Waals surface area contributed by atoms with Crippen LogP contribution in [0.15, 0.2) is 22.5 Å². The molecule has 120 valence electrons. The number of hydrogen-bond acceptors (Lipinski definition) is 3. The van der Waals surface area contributed by atoms with Crippen LogP contribution in [-0.2, 0) is 0 Å². The van der Waals surface area contributed by atoms with Crippen molar-refractivity contribution in [2.24, 2.45) is 10.9 Å². The molecule has 7 heteroatoms. The number of nitrogens with one attached hydrogen (secondary N) is 3. The van der Waals surface area contributed by atoms with E-state index in [1.54, 1.807) is 7.05 Å². The molecule has 1 aromatic rings. The highest BCUT2D eigenvalue weighted by molar-refractivity contribution is 14.0. The van der Waals surface area contributed by atoms with Crippen LogP contribution in [0.3, 0.4) is 0 Å². The van der Waals surface area contributed by atoms with E-state index in [2.05, 4.69) is 34.8 Å². The van der Waals surface area contributed by atoms with Crippen molar-refractivity contribution in [3.05, 3.63) is 22.4 Å². The molecule has 1 amide bonds. The Morgan fingerprint density at radius 2 is 2.00 bits per heavy atom. The minimum absolute atomic E-state index is 0. The first-order valence-electron chi connectivity index (χ1n) is 6.89. The molecule has 0 aliphatic heterocycles. The number of carbonyl (C=O) groups excluding carboxylic acids is 1. The second-order valence-corrected chi connectivity index (χ2v) is 5.81. The summed E-state index contributed by atoms with van der Waals surface area (Å²) in [7, 11) is 1.76. The van der Waals surface area contributed by atoms with Crippen molar-refractivity contribution in [2.75, 3.05) is 26.7 Å². The number of rotatable bonds is 7. The molecule has 0 unspecified atom stereocenters. The molecule has 1 rings (SSSR count). The Balaban J connectivity index is 0.00000400. The molecule has 21 heavy (non-hydrogen) atoms. The molecule has 0 aromatic carbocycles. The third-order valence-electron chi connectivity index (χ3n) is 2.58. The van der Waals surface area contributed by atoms with Crippen molar-refractivity contribution >= 4 is 47.2 Å². The maximum Gasteiger partial charge on any atom is 0.261 e. The van der Waals surface area contributed by atoms with Crippen LogP contribution in [0.2, 0.25) is 0 Å². The standard InChI is InChI=1S/C14H24N4OS.HI/c1-11(2)10-18-14(15-3)17-8-5-7-16-13(19)12-6-4-9-20-12;/h4,6,9,11H,5,7-8,10H2,1-3H3,(H,16,19)(H2,15,17,18);1H. The quantitative estimate of drug-likeness (QED) is 0.273. The van der Waals surface area contributed by atoms with Gasteiger partial charge in [-0.15, -0.1) is 35.3 Å². The Kier molecular flexibility index (Phi) is 11.3. The highest BCUT2D eigenvalue weighted by atomic mass is 127. The Bertz CT molecular complexity index is 421. The van der Waals surface area contributed by atoms with E-state index in [1.165, 1.54) is 11.3 Å². The van der Waals surface area contributed by atoms with Crippen molar-refractivity contribution in [1.82, 2.24) is 16.0 Å². The summed E-state index contributed by atoms with van der Waals surface area (Å²) < 4.78 is 0. The largest absolute Gasteiger partial charge is 0.356 e. The van der Waals surface area contributed by atoms with Crippen molar-refractivity contribution < 1.29 is 4.79 Å². The van der Waals surface area contributed by atoms with Crippen LogP contribution in [0.4, 0.5) is 0 Å². The van der Waals surface area contributed by atoms with Gasteiger partial charge in [0.2, 0.25) is 0 Å². The molecule has 1 aromatic heterocycles. The molecule has 5 nitrogen and oxygen atoms in total. The van der Waals surface area contributed by atoms with Crippen LogP contribution in [-0.4, -0.2) is 38.5 Å². The maximum atomic E-state index is 11.7. The maximum absolute atomic E-state index is 11.7. The second-order valence-electron chi connectivity index (χ2n) is 4.86. The third-order valence-corrected chi connectivity index (χ3v) is 3.45. The van der Waals surface area contributed by atoms with Gasteiger partial charge in [-0.2, -0.15) is 0 Å². The van der Waals surface area contributed by atoms with Gasteiger partial charge in [0.05, 0.1) is 4.88 Å². The zero-order chi connectivity index (χ0) is 14.8.